The first-order chi connectivity index (χ1) is 14.2. The third kappa shape index (κ3) is 6.09. The Labute approximate surface area is 176 Å². The van der Waals surface area contributed by atoms with Crippen molar-refractivity contribution in [2.45, 2.75) is 19.6 Å². The van der Waals surface area contributed by atoms with Crippen LogP contribution in [0.5, 0.6) is 0 Å². The summed E-state index contributed by atoms with van der Waals surface area (Å²) in [5.41, 5.74) is 5.02. The van der Waals surface area contributed by atoms with Crippen LogP contribution in [-0.4, -0.2) is 20.6 Å². The summed E-state index contributed by atoms with van der Waals surface area (Å²) in [7, 11) is -3.12. The van der Waals surface area contributed by atoms with Gasteiger partial charge < -0.3 is 5.32 Å². The molecule has 0 heterocycles. The average molecular weight is 422 g/mol. The van der Waals surface area contributed by atoms with E-state index >= 15 is 0 Å². The summed E-state index contributed by atoms with van der Waals surface area (Å²) >= 11 is 0. The lowest BCUT2D eigenvalue weighted by Gasteiger charge is -2.09. The fourth-order valence-corrected chi connectivity index (χ4v) is 3.60. The number of sulfone groups is 1. The number of azo groups is 1. The smallest absolute Gasteiger partial charge is 0.255 e. The molecule has 6 nitrogen and oxygen atoms in total. The maximum atomic E-state index is 12.7. The Bertz CT molecular complexity index is 1180. The molecule has 3 rings (SSSR count). The van der Waals surface area contributed by atoms with E-state index in [0.717, 1.165) is 16.8 Å². The van der Waals surface area contributed by atoms with Crippen molar-refractivity contribution >= 4 is 32.8 Å². The first kappa shape index (κ1) is 21.4. The van der Waals surface area contributed by atoms with Gasteiger partial charge in [-0.1, -0.05) is 35.9 Å². The molecule has 0 bridgehead atoms. The number of aryl methyl sites for hydroxylation is 2. The summed E-state index contributed by atoms with van der Waals surface area (Å²) in [6.45, 7) is 3.94. The highest BCUT2D eigenvalue weighted by atomic mass is 32.2. The minimum atomic E-state index is -3.12. The molecule has 0 spiro atoms. The first-order valence-electron chi connectivity index (χ1n) is 9.37. The third-order valence-corrected chi connectivity index (χ3v) is 5.21. The van der Waals surface area contributed by atoms with Gasteiger partial charge in [0.25, 0.3) is 5.91 Å². The second-order valence-corrected chi connectivity index (χ2v) is 9.42. The van der Waals surface area contributed by atoms with Crippen LogP contribution in [0.2, 0.25) is 0 Å². The third-order valence-electron chi connectivity index (χ3n) is 4.35. The van der Waals surface area contributed by atoms with E-state index in [1.54, 1.807) is 30.3 Å². The molecule has 0 radical (unpaired) electrons. The van der Waals surface area contributed by atoms with Crippen LogP contribution in [0.25, 0.3) is 0 Å². The monoisotopic (exact) mass is 421 g/mol. The Morgan fingerprint density at radius 3 is 2.13 bits per heavy atom. The topological polar surface area (TPSA) is 88.0 Å². The molecule has 1 N–H and O–H groups in total. The zero-order chi connectivity index (χ0) is 21.7. The van der Waals surface area contributed by atoms with E-state index in [1.165, 1.54) is 6.26 Å². The molecule has 30 heavy (non-hydrogen) atoms. The largest absolute Gasteiger partial charge is 0.320 e. The van der Waals surface area contributed by atoms with E-state index in [0.29, 0.717) is 22.5 Å². The van der Waals surface area contributed by atoms with Crippen molar-refractivity contribution < 1.29 is 13.2 Å². The lowest BCUT2D eigenvalue weighted by Crippen LogP contribution is -2.12. The van der Waals surface area contributed by atoms with Crippen LogP contribution in [0.15, 0.2) is 77.0 Å². The van der Waals surface area contributed by atoms with Crippen LogP contribution in [0.4, 0.5) is 17.1 Å². The van der Waals surface area contributed by atoms with Crippen molar-refractivity contribution in [3.05, 3.63) is 89.0 Å². The number of carbonyl (C=O) groups excluding carboxylic acids is 1. The molecule has 7 heteroatoms. The fourth-order valence-electron chi connectivity index (χ4n) is 2.80. The summed E-state index contributed by atoms with van der Waals surface area (Å²) in [6.07, 6.45) is 1.18. The van der Waals surface area contributed by atoms with E-state index < -0.39 is 9.84 Å². The van der Waals surface area contributed by atoms with Gasteiger partial charge in [0.2, 0.25) is 0 Å². The van der Waals surface area contributed by atoms with Crippen molar-refractivity contribution in [2.75, 3.05) is 11.6 Å². The van der Waals surface area contributed by atoms with Gasteiger partial charge in [0.15, 0.2) is 9.84 Å². The minimum absolute atomic E-state index is 0.0591. The molecule has 0 unspecified atom stereocenters. The highest BCUT2D eigenvalue weighted by Gasteiger charge is 2.11. The SMILES string of the molecule is Cc1ccc(N=Nc2cc(C)ccc2NC(=O)c2ccc(CS(C)(=O)=O)cc2)cc1. The highest BCUT2D eigenvalue weighted by molar-refractivity contribution is 7.89. The maximum absolute atomic E-state index is 12.7. The summed E-state index contributed by atoms with van der Waals surface area (Å²) in [6, 6.07) is 19.7. The number of nitrogens with zero attached hydrogens (tertiary/aromatic N) is 2. The lowest BCUT2D eigenvalue weighted by molar-refractivity contribution is 0.102. The number of amides is 1. The van der Waals surface area contributed by atoms with Gasteiger partial charge >= 0.3 is 0 Å². The number of rotatable bonds is 6. The number of anilines is 1. The lowest BCUT2D eigenvalue weighted by atomic mass is 10.1. The van der Waals surface area contributed by atoms with Gasteiger partial charge in [0.05, 0.1) is 17.1 Å². The minimum Gasteiger partial charge on any atom is -0.320 e. The molecule has 0 aliphatic heterocycles. The molecular formula is C23H23N3O3S. The Kier molecular flexibility index (Phi) is 6.42. The summed E-state index contributed by atoms with van der Waals surface area (Å²) < 4.78 is 22.8. The van der Waals surface area contributed by atoms with Crippen LogP contribution >= 0.6 is 0 Å². The predicted octanol–water partition coefficient (Wildman–Crippen LogP) is 5.52. The van der Waals surface area contributed by atoms with Crippen LogP contribution in [-0.2, 0) is 15.6 Å². The second kappa shape index (κ2) is 9.00. The molecule has 3 aromatic carbocycles. The van der Waals surface area contributed by atoms with Gasteiger partial charge in [-0.05, 0) is 61.4 Å². The van der Waals surface area contributed by atoms with Crippen molar-refractivity contribution in [2.24, 2.45) is 10.2 Å². The fraction of sp³-hybridized carbons (Fsp3) is 0.174. The molecule has 0 aliphatic rings. The van der Waals surface area contributed by atoms with Gasteiger partial charge in [-0.25, -0.2) is 8.42 Å². The van der Waals surface area contributed by atoms with Gasteiger partial charge in [-0.3, -0.25) is 4.79 Å². The summed E-state index contributed by atoms with van der Waals surface area (Å²) in [5.74, 6) is -0.368. The van der Waals surface area contributed by atoms with Crippen LogP contribution in [0, 0.1) is 13.8 Å². The summed E-state index contributed by atoms with van der Waals surface area (Å²) in [5, 5.41) is 11.4. The van der Waals surface area contributed by atoms with Gasteiger partial charge in [-0.2, -0.15) is 5.11 Å². The number of benzene rings is 3. The molecule has 1 amide bonds. The molecule has 0 saturated heterocycles. The van der Waals surface area contributed by atoms with Gasteiger partial charge in [-0.15, -0.1) is 5.11 Å². The van der Waals surface area contributed by atoms with Crippen molar-refractivity contribution in [3.8, 4) is 0 Å². The van der Waals surface area contributed by atoms with Crippen LogP contribution in [0.1, 0.15) is 27.0 Å². The predicted molar refractivity (Wildman–Crippen MR) is 119 cm³/mol. The quantitative estimate of drug-likeness (QED) is 0.532. The van der Waals surface area contributed by atoms with E-state index in [-0.39, 0.29) is 11.7 Å². The van der Waals surface area contributed by atoms with E-state index in [9.17, 15) is 13.2 Å². The number of hydrogen-bond acceptors (Lipinski definition) is 5. The standard InChI is InChI=1S/C23H23N3O3S/c1-16-4-11-20(12-5-16)25-26-22-14-17(2)6-13-21(22)24-23(27)19-9-7-18(8-10-19)15-30(3,28)29/h4-14H,15H2,1-3H3,(H,24,27). The van der Waals surface area contributed by atoms with Gasteiger partial charge in [0.1, 0.15) is 5.69 Å². The molecule has 3 aromatic rings. The van der Waals surface area contributed by atoms with E-state index in [4.69, 9.17) is 0 Å². The Hall–Kier alpha value is -3.32. The number of hydrogen-bond donors (Lipinski definition) is 1. The van der Waals surface area contributed by atoms with Crippen molar-refractivity contribution in [1.82, 2.24) is 0 Å². The molecule has 0 aliphatic carbocycles. The molecule has 0 saturated carbocycles. The second-order valence-electron chi connectivity index (χ2n) is 7.28. The van der Waals surface area contributed by atoms with Crippen molar-refractivity contribution in [3.63, 3.8) is 0 Å². The van der Waals surface area contributed by atoms with Gasteiger partial charge in [0, 0.05) is 11.8 Å². The van der Waals surface area contributed by atoms with E-state index in [2.05, 4.69) is 15.5 Å². The first-order valence-corrected chi connectivity index (χ1v) is 11.4. The molecule has 0 aromatic heterocycles. The van der Waals surface area contributed by atoms with Crippen LogP contribution in [0.3, 0.4) is 0 Å². The summed E-state index contributed by atoms with van der Waals surface area (Å²) in [4.78, 5) is 12.7. The molecule has 0 fully saturated rings. The Morgan fingerprint density at radius 2 is 1.50 bits per heavy atom. The Balaban J connectivity index is 1.79. The normalized spacial score (nSPS) is 11.6. The zero-order valence-electron chi connectivity index (χ0n) is 17.1. The number of nitrogens with one attached hydrogen (secondary N) is 1. The zero-order valence-corrected chi connectivity index (χ0v) is 17.9. The molecule has 0 atom stereocenters. The van der Waals surface area contributed by atoms with Crippen molar-refractivity contribution in [1.29, 1.82) is 0 Å². The maximum Gasteiger partial charge on any atom is 0.255 e. The number of carbonyl (C=O) groups is 1. The Morgan fingerprint density at radius 1 is 0.867 bits per heavy atom. The van der Waals surface area contributed by atoms with Crippen LogP contribution < -0.4 is 5.32 Å². The molecular weight excluding hydrogens is 398 g/mol. The average Bonchev–Trinajstić information content (AvgIpc) is 2.68. The highest BCUT2D eigenvalue weighted by Crippen LogP contribution is 2.29. The van der Waals surface area contributed by atoms with E-state index in [1.807, 2.05) is 50.2 Å². The molecule has 154 valence electrons.